The fourth-order valence-electron chi connectivity index (χ4n) is 3.62. The van der Waals surface area contributed by atoms with Crippen molar-refractivity contribution in [2.24, 2.45) is 0 Å². The molecular weight excluding hydrogens is 336 g/mol. The van der Waals surface area contributed by atoms with E-state index in [0.29, 0.717) is 6.04 Å². The highest BCUT2D eigenvalue weighted by atomic mass is 16.5. The zero-order valence-electron chi connectivity index (χ0n) is 16.6. The Hall–Kier alpha value is -2.04. The SMILES string of the molecule is COc1cccc(CCCCc2ccccc2OCC2CN(C)CCN2)c1. The Labute approximate surface area is 163 Å². The highest BCUT2D eigenvalue weighted by molar-refractivity contribution is 5.33. The van der Waals surface area contributed by atoms with Crippen LogP contribution in [-0.2, 0) is 12.8 Å². The van der Waals surface area contributed by atoms with Gasteiger partial charge in [-0.2, -0.15) is 0 Å². The van der Waals surface area contributed by atoms with Gasteiger partial charge in [-0.1, -0.05) is 30.3 Å². The highest BCUT2D eigenvalue weighted by Gasteiger charge is 2.17. The summed E-state index contributed by atoms with van der Waals surface area (Å²) < 4.78 is 11.5. The largest absolute Gasteiger partial charge is 0.497 e. The first kappa shape index (κ1) is 19.7. The molecule has 0 bridgehead atoms. The van der Waals surface area contributed by atoms with Gasteiger partial charge in [0.2, 0.25) is 0 Å². The number of benzene rings is 2. The van der Waals surface area contributed by atoms with Crippen molar-refractivity contribution in [3.63, 3.8) is 0 Å². The summed E-state index contributed by atoms with van der Waals surface area (Å²) in [5, 5.41) is 3.54. The topological polar surface area (TPSA) is 33.7 Å². The normalized spacial score (nSPS) is 17.6. The Kier molecular flexibility index (Phi) is 7.55. The first-order valence-electron chi connectivity index (χ1n) is 10.00. The molecule has 2 aromatic rings. The van der Waals surface area contributed by atoms with Crippen molar-refractivity contribution in [1.82, 2.24) is 10.2 Å². The van der Waals surface area contributed by atoms with E-state index in [2.05, 4.69) is 59.7 Å². The van der Waals surface area contributed by atoms with Gasteiger partial charge in [-0.05, 0) is 62.1 Å². The number of para-hydroxylation sites is 1. The molecule has 1 heterocycles. The van der Waals surface area contributed by atoms with Crippen molar-refractivity contribution in [3.8, 4) is 11.5 Å². The van der Waals surface area contributed by atoms with E-state index in [9.17, 15) is 0 Å². The van der Waals surface area contributed by atoms with Crippen LogP contribution in [0.5, 0.6) is 11.5 Å². The van der Waals surface area contributed by atoms with E-state index in [1.54, 1.807) is 7.11 Å². The number of aryl methyl sites for hydroxylation is 2. The van der Waals surface area contributed by atoms with Crippen molar-refractivity contribution in [3.05, 3.63) is 59.7 Å². The number of unbranched alkanes of at least 4 members (excludes halogenated alkanes) is 1. The van der Waals surface area contributed by atoms with Crippen molar-refractivity contribution >= 4 is 0 Å². The molecule has 1 aliphatic rings. The second-order valence-corrected chi connectivity index (χ2v) is 7.39. The van der Waals surface area contributed by atoms with Crippen LogP contribution in [0.4, 0.5) is 0 Å². The smallest absolute Gasteiger partial charge is 0.122 e. The molecule has 0 radical (unpaired) electrons. The van der Waals surface area contributed by atoms with Crippen LogP contribution in [0, 0.1) is 0 Å². The summed E-state index contributed by atoms with van der Waals surface area (Å²) in [7, 11) is 3.89. The van der Waals surface area contributed by atoms with E-state index in [-0.39, 0.29) is 0 Å². The molecule has 1 saturated heterocycles. The lowest BCUT2D eigenvalue weighted by Crippen LogP contribution is -2.51. The van der Waals surface area contributed by atoms with Crippen LogP contribution >= 0.6 is 0 Å². The molecule has 1 fully saturated rings. The maximum atomic E-state index is 6.16. The van der Waals surface area contributed by atoms with Gasteiger partial charge in [0, 0.05) is 19.6 Å². The molecule has 3 rings (SSSR count). The summed E-state index contributed by atoms with van der Waals surface area (Å²) in [6.45, 7) is 3.92. The fourth-order valence-corrected chi connectivity index (χ4v) is 3.62. The molecule has 0 aromatic heterocycles. The molecule has 1 N–H and O–H groups in total. The molecule has 1 atom stereocenters. The third kappa shape index (κ3) is 6.26. The lowest BCUT2D eigenvalue weighted by atomic mass is 10.0. The number of nitrogens with one attached hydrogen (secondary N) is 1. The molecule has 0 amide bonds. The Balaban J connectivity index is 1.45. The van der Waals surface area contributed by atoms with Crippen LogP contribution in [0.2, 0.25) is 0 Å². The molecule has 4 heteroatoms. The van der Waals surface area contributed by atoms with Crippen molar-refractivity contribution in [2.45, 2.75) is 31.7 Å². The molecule has 27 heavy (non-hydrogen) atoms. The van der Waals surface area contributed by atoms with Crippen LogP contribution in [0.25, 0.3) is 0 Å². The van der Waals surface area contributed by atoms with Crippen LogP contribution < -0.4 is 14.8 Å². The third-order valence-electron chi connectivity index (χ3n) is 5.17. The van der Waals surface area contributed by atoms with Crippen LogP contribution in [0.3, 0.4) is 0 Å². The predicted octanol–water partition coefficient (Wildman–Crippen LogP) is 3.54. The molecule has 0 aliphatic carbocycles. The van der Waals surface area contributed by atoms with Crippen LogP contribution in [0.1, 0.15) is 24.0 Å². The van der Waals surface area contributed by atoms with Crippen LogP contribution in [-0.4, -0.2) is 51.3 Å². The first-order chi connectivity index (χ1) is 13.2. The number of ether oxygens (including phenoxy) is 2. The minimum Gasteiger partial charge on any atom is -0.497 e. The summed E-state index contributed by atoms with van der Waals surface area (Å²) in [5.74, 6) is 1.97. The fraction of sp³-hybridized carbons (Fsp3) is 0.478. The highest BCUT2D eigenvalue weighted by Crippen LogP contribution is 2.21. The quantitative estimate of drug-likeness (QED) is 0.687. The van der Waals surface area contributed by atoms with Gasteiger partial charge in [0.1, 0.15) is 18.1 Å². The third-order valence-corrected chi connectivity index (χ3v) is 5.17. The number of rotatable bonds is 9. The minimum absolute atomic E-state index is 0.407. The number of methoxy groups -OCH3 is 1. The Morgan fingerprint density at radius 1 is 1.07 bits per heavy atom. The summed E-state index contributed by atoms with van der Waals surface area (Å²) in [5.41, 5.74) is 2.65. The average Bonchev–Trinajstić information content (AvgIpc) is 2.70. The van der Waals surface area contributed by atoms with E-state index < -0.39 is 0 Å². The van der Waals surface area contributed by atoms with Gasteiger partial charge in [0.05, 0.1) is 13.2 Å². The summed E-state index contributed by atoms with van der Waals surface area (Å²) in [6.07, 6.45) is 4.45. The molecule has 0 saturated carbocycles. The molecule has 1 unspecified atom stereocenters. The molecule has 2 aromatic carbocycles. The van der Waals surface area contributed by atoms with Gasteiger partial charge < -0.3 is 19.7 Å². The molecular formula is C23H32N2O2. The standard InChI is InChI=1S/C23H32N2O2/c1-25-15-14-24-21(17-25)18-27-23-13-6-5-11-20(23)10-4-3-8-19-9-7-12-22(16-19)26-2/h5-7,9,11-13,16,21,24H,3-4,8,10,14-15,17-18H2,1-2H3. The molecule has 0 spiro atoms. The maximum absolute atomic E-state index is 6.16. The van der Waals surface area contributed by atoms with Gasteiger partial charge in [-0.15, -0.1) is 0 Å². The van der Waals surface area contributed by atoms with E-state index in [4.69, 9.17) is 9.47 Å². The van der Waals surface area contributed by atoms with Crippen molar-refractivity contribution in [2.75, 3.05) is 40.4 Å². The van der Waals surface area contributed by atoms with Crippen LogP contribution in [0.15, 0.2) is 48.5 Å². The van der Waals surface area contributed by atoms with E-state index in [1.165, 1.54) is 11.1 Å². The van der Waals surface area contributed by atoms with Crippen molar-refractivity contribution < 1.29 is 9.47 Å². The second-order valence-electron chi connectivity index (χ2n) is 7.39. The van der Waals surface area contributed by atoms with Crippen molar-refractivity contribution in [1.29, 1.82) is 0 Å². The Bertz CT molecular complexity index is 704. The molecule has 146 valence electrons. The maximum Gasteiger partial charge on any atom is 0.122 e. The number of nitrogens with zero attached hydrogens (tertiary/aromatic N) is 1. The minimum atomic E-state index is 0.407. The number of likely N-dealkylation sites (N-methyl/N-ethyl adjacent to an activating group) is 1. The number of hydrogen-bond donors (Lipinski definition) is 1. The Morgan fingerprint density at radius 3 is 2.78 bits per heavy atom. The number of hydrogen-bond acceptors (Lipinski definition) is 4. The van der Waals surface area contributed by atoms with E-state index >= 15 is 0 Å². The molecule has 1 aliphatic heterocycles. The van der Waals surface area contributed by atoms with Gasteiger partial charge in [-0.25, -0.2) is 0 Å². The lowest BCUT2D eigenvalue weighted by molar-refractivity contribution is 0.179. The van der Waals surface area contributed by atoms with Gasteiger partial charge in [-0.3, -0.25) is 0 Å². The summed E-state index contributed by atoms with van der Waals surface area (Å²) in [4.78, 5) is 2.36. The predicted molar refractivity (Wildman–Crippen MR) is 111 cm³/mol. The first-order valence-corrected chi connectivity index (χ1v) is 10.00. The monoisotopic (exact) mass is 368 g/mol. The van der Waals surface area contributed by atoms with E-state index in [0.717, 1.165) is 63.4 Å². The Morgan fingerprint density at radius 2 is 1.93 bits per heavy atom. The second kappa shape index (κ2) is 10.3. The molecule has 4 nitrogen and oxygen atoms in total. The van der Waals surface area contributed by atoms with Gasteiger partial charge in [0.15, 0.2) is 0 Å². The summed E-state index contributed by atoms with van der Waals surface area (Å²) >= 11 is 0. The van der Waals surface area contributed by atoms with Gasteiger partial charge in [0.25, 0.3) is 0 Å². The van der Waals surface area contributed by atoms with Gasteiger partial charge >= 0.3 is 0 Å². The lowest BCUT2D eigenvalue weighted by Gasteiger charge is -2.30. The zero-order chi connectivity index (χ0) is 18.9. The number of piperazine rings is 1. The van der Waals surface area contributed by atoms with E-state index in [1.807, 2.05) is 6.07 Å². The summed E-state index contributed by atoms with van der Waals surface area (Å²) in [6, 6.07) is 17.2. The average molecular weight is 369 g/mol. The zero-order valence-corrected chi connectivity index (χ0v) is 16.6.